The smallest absolute Gasteiger partial charge is 0.266 e. The Labute approximate surface area is 134 Å². The predicted octanol–water partition coefficient (Wildman–Crippen LogP) is 3.36. The zero-order valence-corrected chi connectivity index (χ0v) is 13.6. The summed E-state index contributed by atoms with van der Waals surface area (Å²) < 4.78 is 1.64. The summed E-state index contributed by atoms with van der Waals surface area (Å²) in [5, 5.41) is 9.82. The number of phenolic OH excluding ortho intramolecular Hbond substituents is 1. The second kappa shape index (κ2) is 5.06. The van der Waals surface area contributed by atoms with Crippen molar-refractivity contribution in [1.29, 1.82) is 0 Å². The summed E-state index contributed by atoms with van der Waals surface area (Å²) in [6, 6.07) is 5.60. The highest BCUT2D eigenvalue weighted by molar-refractivity contribution is 14.1. The van der Waals surface area contributed by atoms with E-state index < -0.39 is 0 Å². The number of carbonyl (C=O) groups is 1. The molecule has 98 valence electrons. The first-order valence-corrected chi connectivity index (χ1v) is 8.12. The average Bonchev–Trinajstić information content (AvgIpc) is 3.13. The number of hydrogen-bond donors (Lipinski definition) is 1. The maximum absolute atomic E-state index is 12.3. The van der Waals surface area contributed by atoms with Crippen molar-refractivity contribution < 1.29 is 9.90 Å². The molecule has 0 atom stereocenters. The number of carbonyl (C=O) groups excluding carboxylic acids is 1. The van der Waals surface area contributed by atoms with Gasteiger partial charge in [0.15, 0.2) is 0 Å². The van der Waals surface area contributed by atoms with Crippen molar-refractivity contribution in [2.24, 2.45) is 0 Å². The molecule has 2 fully saturated rings. The normalized spacial score (nSPS) is 21.5. The highest BCUT2D eigenvalue weighted by Gasteiger charge is 2.41. The minimum Gasteiger partial charge on any atom is -0.507 e. The van der Waals surface area contributed by atoms with E-state index >= 15 is 0 Å². The molecule has 1 saturated heterocycles. The van der Waals surface area contributed by atoms with Crippen molar-refractivity contribution in [3.8, 4) is 5.75 Å². The molecule has 1 aliphatic heterocycles. The SMILES string of the molecule is O=C1/C(=C/c2cc(I)ccc2O)SC(=S)N1C1CC1. The molecule has 0 spiro atoms. The summed E-state index contributed by atoms with van der Waals surface area (Å²) >= 11 is 8.74. The Bertz CT molecular complexity index is 611. The van der Waals surface area contributed by atoms with Crippen molar-refractivity contribution in [3.05, 3.63) is 32.2 Å². The predicted molar refractivity (Wildman–Crippen MR) is 88.9 cm³/mol. The molecule has 1 N–H and O–H groups in total. The van der Waals surface area contributed by atoms with E-state index in [1.165, 1.54) is 11.8 Å². The maximum Gasteiger partial charge on any atom is 0.266 e. The average molecular weight is 403 g/mol. The highest BCUT2D eigenvalue weighted by Crippen LogP contribution is 2.40. The monoisotopic (exact) mass is 403 g/mol. The van der Waals surface area contributed by atoms with Gasteiger partial charge in [0.25, 0.3) is 5.91 Å². The third kappa shape index (κ3) is 2.66. The van der Waals surface area contributed by atoms with Gasteiger partial charge in [-0.15, -0.1) is 0 Å². The van der Waals surface area contributed by atoms with Crippen molar-refractivity contribution in [1.82, 2.24) is 4.90 Å². The summed E-state index contributed by atoms with van der Waals surface area (Å²) in [5.74, 6) is 0.146. The van der Waals surface area contributed by atoms with Crippen LogP contribution in [0.25, 0.3) is 6.08 Å². The van der Waals surface area contributed by atoms with Gasteiger partial charge in [-0.25, -0.2) is 0 Å². The minimum absolute atomic E-state index is 0.0317. The van der Waals surface area contributed by atoms with Gasteiger partial charge in [0.2, 0.25) is 0 Å². The number of thiocarbonyl (C=S) groups is 1. The Balaban J connectivity index is 1.94. The van der Waals surface area contributed by atoms with Crippen LogP contribution in [-0.2, 0) is 4.79 Å². The molecule has 0 unspecified atom stereocenters. The van der Waals surface area contributed by atoms with Crippen LogP contribution in [0.3, 0.4) is 0 Å². The molecule has 3 nitrogen and oxygen atoms in total. The van der Waals surface area contributed by atoms with Gasteiger partial charge in [-0.1, -0.05) is 24.0 Å². The first-order chi connectivity index (χ1) is 9.06. The fourth-order valence-corrected chi connectivity index (χ4v) is 3.82. The van der Waals surface area contributed by atoms with Gasteiger partial charge in [0.1, 0.15) is 10.1 Å². The Morgan fingerprint density at radius 2 is 2.21 bits per heavy atom. The van der Waals surface area contributed by atoms with Crippen molar-refractivity contribution in [3.63, 3.8) is 0 Å². The van der Waals surface area contributed by atoms with Gasteiger partial charge < -0.3 is 5.11 Å². The summed E-state index contributed by atoms with van der Waals surface area (Å²) in [6.45, 7) is 0. The number of thioether (sulfide) groups is 1. The van der Waals surface area contributed by atoms with Crippen LogP contribution in [0.1, 0.15) is 18.4 Å². The Morgan fingerprint density at radius 1 is 1.47 bits per heavy atom. The molecule has 1 aromatic carbocycles. The molecule has 0 radical (unpaired) electrons. The number of nitrogens with zero attached hydrogens (tertiary/aromatic N) is 1. The van der Waals surface area contributed by atoms with Crippen molar-refractivity contribution >= 4 is 62.9 Å². The van der Waals surface area contributed by atoms with Gasteiger partial charge in [-0.2, -0.15) is 0 Å². The fraction of sp³-hybridized carbons (Fsp3) is 0.231. The topological polar surface area (TPSA) is 40.5 Å². The molecule has 0 bridgehead atoms. The van der Waals surface area contributed by atoms with Crippen LogP contribution in [0.15, 0.2) is 23.1 Å². The van der Waals surface area contributed by atoms with E-state index in [9.17, 15) is 9.90 Å². The number of rotatable bonds is 2. The van der Waals surface area contributed by atoms with Gasteiger partial charge >= 0.3 is 0 Å². The summed E-state index contributed by atoms with van der Waals surface area (Å²) in [5.41, 5.74) is 0.656. The number of benzene rings is 1. The zero-order valence-electron chi connectivity index (χ0n) is 9.80. The lowest BCUT2D eigenvalue weighted by molar-refractivity contribution is -0.122. The van der Waals surface area contributed by atoms with Gasteiger partial charge in [-0.3, -0.25) is 9.69 Å². The molecule has 3 rings (SSSR count). The molecule has 1 heterocycles. The lowest BCUT2D eigenvalue weighted by Gasteiger charge is -2.11. The summed E-state index contributed by atoms with van der Waals surface area (Å²) in [6.07, 6.45) is 3.79. The third-order valence-electron chi connectivity index (χ3n) is 3.01. The largest absolute Gasteiger partial charge is 0.507 e. The quantitative estimate of drug-likeness (QED) is 0.467. The van der Waals surface area contributed by atoms with Crippen molar-refractivity contribution in [2.45, 2.75) is 18.9 Å². The van der Waals surface area contributed by atoms with Crippen LogP contribution in [0, 0.1) is 3.57 Å². The van der Waals surface area contributed by atoms with Crippen LogP contribution < -0.4 is 0 Å². The molecule has 1 amide bonds. The van der Waals surface area contributed by atoms with E-state index in [2.05, 4.69) is 22.6 Å². The van der Waals surface area contributed by atoms with E-state index in [-0.39, 0.29) is 11.7 Å². The van der Waals surface area contributed by atoms with E-state index in [1.807, 2.05) is 12.1 Å². The first kappa shape index (κ1) is 13.4. The lowest BCUT2D eigenvalue weighted by Crippen LogP contribution is -2.30. The second-order valence-corrected chi connectivity index (χ2v) is 7.41. The van der Waals surface area contributed by atoms with E-state index in [0.717, 1.165) is 16.4 Å². The third-order valence-corrected chi connectivity index (χ3v) is 5.01. The Kier molecular flexibility index (Phi) is 3.57. The highest BCUT2D eigenvalue weighted by atomic mass is 127. The van der Waals surface area contributed by atoms with E-state index in [0.29, 0.717) is 20.8 Å². The van der Waals surface area contributed by atoms with Crippen LogP contribution in [0.2, 0.25) is 0 Å². The van der Waals surface area contributed by atoms with Crippen LogP contribution in [0.5, 0.6) is 5.75 Å². The zero-order chi connectivity index (χ0) is 13.6. The second-order valence-electron chi connectivity index (χ2n) is 4.49. The number of hydrogen-bond acceptors (Lipinski definition) is 4. The van der Waals surface area contributed by atoms with Crippen LogP contribution in [-0.4, -0.2) is 26.3 Å². The number of amides is 1. The van der Waals surface area contributed by atoms with Gasteiger partial charge in [0, 0.05) is 15.2 Å². The number of phenols is 1. The molecule has 1 saturated carbocycles. The molecule has 6 heteroatoms. The summed E-state index contributed by atoms with van der Waals surface area (Å²) in [7, 11) is 0. The molecule has 1 aromatic rings. The minimum atomic E-state index is -0.0317. The molecular formula is C13H10INO2S2. The molecule has 0 aromatic heterocycles. The first-order valence-electron chi connectivity index (χ1n) is 5.82. The Hall–Kier alpha value is -0.600. The van der Waals surface area contributed by atoms with Crippen molar-refractivity contribution in [2.75, 3.05) is 0 Å². The van der Waals surface area contributed by atoms with Crippen LogP contribution >= 0.6 is 46.6 Å². The maximum atomic E-state index is 12.3. The molecular weight excluding hydrogens is 393 g/mol. The molecule has 19 heavy (non-hydrogen) atoms. The summed E-state index contributed by atoms with van der Waals surface area (Å²) in [4.78, 5) is 14.6. The van der Waals surface area contributed by atoms with E-state index in [4.69, 9.17) is 12.2 Å². The fourth-order valence-electron chi connectivity index (χ4n) is 1.91. The van der Waals surface area contributed by atoms with Gasteiger partial charge in [0.05, 0.1) is 4.91 Å². The number of aromatic hydroxyl groups is 1. The standard InChI is InChI=1S/C13H10INO2S2/c14-8-1-4-10(16)7(5-8)6-11-12(17)15(9-2-3-9)13(18)19-11/h1,4-6,9,16H,2-3H2/b11-6-. The molecule has 1 aliphatic carbocycles. The van der Waals surface area contributed by atoms with Gasteiger partial charge in [-0.05, 0) is 59.7 Å². The number of halogens is 1. The molecule has 2 aliphatic rings. The van der Waals surface area contributed by atoms with E-state index in [1.54, 1.807) is 17.0 Å². The van der Waals surface area contributed by atoms with Crippen LogP contribution in [0.4, 0.5) is 0 Å². The Morgan fingerprint density at radius 3 is 2.89 bits per heavy atom. The lowest BCUT2D eigenvalue weighted by atomic mass is 10.2.